The first kappa shape index (κ1) is 19.3. The smallest absolute Gasteiger partial charge is 0.231 e. The van der Waals surface area contributed by atoms with Gasteiger partial charge in [-0.15, -0.1) is 0 Å². The van der Waals surface area contributed by atoms with E-state index in [4.69, 9.17) is 14.2 Å². The molecule has 3 aromatic rings. The number of ether oxygens (including phenoxy) is 3. The largest absolute Gasteiger partial charge is 0.491 e. The van der Waals surface area contributed by atoms with Gasteiger partial charge in [-0.05, 0) is 47.4 Å². The molecule has 1 unspecified atom stereocenters. The lowest BCUT2D eigenvalue weighted by atomic mass is 9.99. The first-order chi connectivity index (χ1) is 14.2. The van der Waals surface area contributed by atoms with Gasteiger partial charge in [0.05, 0.1) is 0 Å². The molecule has 1 aliphatic heterocycles. The van der Waals surface area contributed by atoms with Crippen LogP contribution in [0, 0.1) is 6.92 Å². The summed E-state index contributed by atoms with van der Waals surface area (Å²) in [6.45, 7) is 3.68. The van der Waals surface area contributed by atoms with Crippen molar-refractivity contribution in [2.45, 2.75) is 19.6 Å². The zero-order valence-electron chi connectivity index (χ0n) is 16.4. The Balaban J connectivity index is 1.26. The Morgan fingerprint density at radius 1 is 1.00 bits per heavy atom. The summed E-state index contributed by atoms with van der Waals surface area (Å²) in [6, 6.07) is 22.2. The zero-order valence-corrected chi connectivity index (χ0v) is 16.4. The van der Waals surface area contributed by atoms with Gasteiger partial charge in [-0.25, -0.2) is 0 Å². The van der Waals surface area contributed by atoms with Gasteiger partial charge in [-0.3, -0.25) is 0 Å². The second-order valence-corrected chi connectivity index (χ2v) is 7.13. The van der Waals surface area contributed by atoms with Gasteiger partial charge in [-0.1, -0.05) is 42.5 Å². The lowest BCUT2D eigenvalue weighted by Crippen LogP contribution is -2.31. The van der Waals surface area contributed by atoms with E-state index in [9.17, 15) is 5.11 Å². The quantitative estimate of drug-likeness (QED) is 0.610. The van der Waals surface area contributed by atoms with Crippen LogP contribution in [0.4, 0.5) is 0 Å². The molecule has 1 atom stereocenters. The summed E-state index contributed by atoms with van der Waals surface area (Å²) in [5.41, 5.74) is 4.88. The van der Waals surface area contributed by atoms with Gasteiger partial charge in [0.1, 0.15) is 18.5 Å². The number of hydrogen-bond donors (Lipinski definition) is 2. The fourth-order valence-electron chi connectivity index (χ4n) is 3.35. The molecule has 0 saturated heterocycles. The number of aliphatic hydroxyl groups excluding tert-OH is 1. The fraction of sp³-hybridized carbons (Fsp3) is 0.250. The Kier molecular flexibility index (Phi) is 5.98. The number of rotatable bonds is 8. The van der Waals surface area contributed by atoms with Crippen molar-refractivity contribution in [2.75, 3.05) is 19.9 Å². The van der Waals surface area contributed by atoms with E-state index < -0.39 is 6.10 Å². The number of benzene rings is 3. The molecule has 1 aliphatic rings. The summed E-state index contributed by atoms with van der Waals surface area (Å²) >= 11 is 0. The predicted octanol–water partition coefficient (Wildman–Crippen LogP) is 3.92. The average Bonchev–Trinajstić information content (AvgIpc) is 3.21. The molecular weight excluding hydrogens is 366 g/mol. The molecule has 1 heterocycles. The summed E-state index contributed by atoms with van der Waals surface area (Å²) in [7, 11) is 0. The van der Waals surface area contributed by atoms with Crippen LogP contribution in [-0.4, -0.2) is 31.2 Å². The average molecular weight is 391 g/mol. The molecule has 5 nitrogen and oxygen atoms in total. The van der Waals surface area contributed by atoms with Gasteiger partial charge in [-0.2, -0.15) is 0 Å². The van der Waals surface area contributed by atoms with Crippen LogP contribution < -0.4 is 19.5 Å². The number of hydrogen-bond acceptors (Lipinski definition) is 5. The molecule has 0 fully saturated rings. The Labute approximate surface area is 170 Å². The van der Waals surface area contributed by atoms with Gasteiger partial charge >= 0.3 is 0 Å². The van der Waals surface area contributed by atoms with Gasteiger partial charge in [0.2, 0.25) is 6.79 Å². The number of nitrogens with one attached hydrogen (secondary N) is 1. The molecule has 150 valence electrons. The van der Waals surface area contributed by atoms with Crippen molar-refractivity contribution in [3.8, 4) is 28.4 Å². The van der Waals surface area contributed by atoms with Crippen LogP contribution in [-0.2, 0) is 6.54 Å². The maximum atomic E-state index is 10.2. The molecule has 0 saturated carbocycles. The number of aryl methyl sites for hydroxylation is 1. The molecule has 0 bridgehead atoms. The van der Waals surface area contributed by atoms with Gasteiger partial charge < -0.3 is 24.6 Å². The molecular formula is C24H25NO4. The van der Waals surface area contributed by atoms with Crippen molar-refractivity contribution in [1.29, 1.82) is 0 Å². The SMILES string of the molecule is Cc1ccccc1-c1cccc(CNCC(O)COc2ccc3c(c2)OCO3)c1. The van der Waals surface area contributed by atoms with Gasteiger partial charge in [0, 0.05) is 19.2 Å². The van der Waals surface area contributed by atoms with Crippen LogP contribution >= 0.6 is 0 Å². The van der Waals surface area contributed by atoms with E-state index in [1.54, 1.807) is 6.07 Å². The minimum Gasteiger partial charge on any atom is -0.491 e. The van der Waals surface area contributed by atoms with Crippen LogP contribution in [0.5, 0.6) is 17.2 Å². The van der Waals surface area contributed by atoms with Crippen LogP contribution in [0.2, 0.25) is 0 Å². The molecule has 5 heteroatoms. The normalized spacial score (nSPS) is 13.3. The fourth-order valence-corrected chi connectivity index (χ4v) is 3.35. The lowest BCUT2D eigenvalue weighted by molar-refractivity contribution is 0.106. The standard InChI is InChI=1S/C24H25NO4/c1-17-5-2-3-8-22(17)19-7-4-6-18(11-19)13-25-14-20(26)15-27-21-9-10-23-24(12-21)29-16-28-23/h2-12,20,25-26H,13-16H2,1H3. The van der Waals surface area contributed by atoms with E-state index in [2.05, 4.69) is 60.8 Å². The van der Waals surface area contributed by atoms with E-state index in [-0.39, 0.29) is 13.4 Å². The maximum Gasteiger partial charge on any atom is 0.231 e. The van der Waals surface area contributed by atoms with Crippen molar-refractivity contribution >= 4 is 0 Å². The van der Waals surface area contributed by atoms with Crippen molar-refractivity contribution in [1.82, 2.24) is 5.32 Å². The molecule has 0 aromatic heterocycles. The van der Waals surface area contributed by atoms with Gasteiger partial charge in [0.25, 0.3) is 0 Å². The summed E-state index contributed by atoms with van der Waals surface area (Å²) < 4.78 is 16.3. The molecule has 0 spiro atoms. The Hall–Kier alpha value is -3.02. The first-order valence-corrected chi connectivity index (χ1v) is 9.75. The summed E-state index contributed by atoms with van der Waals surface area (Å²) in [5, 5.41) is 13.5. The summed E-state index contributed by atoms with van der Waals surface area (Å²) in [6.07, 6.45) is -0.611. The minimum absolute atomic E-state index is 0.204. The maximum absolute atomic E-state index is 10.2. The molecule has 0 aliphatic carbocycles. The highest BCUT2D eigenvalue weighted by molar-refractivity contribution is 5.67. The Morgan fingerprint density at radius 3 is 2.76 bits per heavy atom. The monoisotopic (exact) mass is 391 g/mol. The van der Waals surface area contributed by atoms with E-state index in [0.717, 1.165) is 0 Å². The van der Waals surface area contributed by atoms with Crippen LogP contribution in [0.3, 0.4) is 0 Å². The van der Waals surface area contributed by atoms with Crippen LogP contribution in [0.25, 0.3) is 11.1 Å². The highest BCUT2D eigenvalue weighted by Crippen LogP contribution is 2.35. The van der Waals surface area contributed by atoms with Crippen molar-refractivity contribution in [2.24, 2.45) is 0 Å². The Morgan fingerprint density at radius 2 is 1.86 bits per heavy atom. The highest BCUT2D eigenvalue weighted by Gasteiger charge is 2.14. The molecule has 4 rings (SSSR count). The van der Waals surface area contributed by atoms with Crippen molar-refractivity contribution in [3.05, 3.63) is 77.9 Å². The third-order valence-electron chi connectivity index (χ3n) is 4.88. The lowest BCUT2D eigenvalue weighted by Gasteiger charge is -2.14. The third kappa shape index (κ3) is 4.88. The summed E-state index contributed by atoms with van der Waals surface area (Å²) in [5.74, 6) is 2.04. The molecule has 2 N–H and O–H groups in total. The van der Waals surface area contributed by atoms with E-state index in [0.29, 0.717) is 30.3 Å². The Bertz CT molecular complexity index is 973. The second-order valence-electron chi connectivity index (χ2n) is 7.13. The predicted molar refractivity (Wildman–Crippen MR) is 112 cm³/mol. The summed E-state index contributed by atoms with van der Waals surface area (Å²) in [4.78, 5) is 0. The molecule has 0 amide bonds. The number of aliphatic hydroxyl groups is 1. The van der Waals surface area contributed by atoms with Crippen molar-refractivity contribution < 1.29 is 19.3 Å². The van der Waals surface area contributed by atoms with E-state index in [1.807, 2.05) is 12.1 Å². The van der Waals surface area contributed by atoms with E-state index >= 15 is 0 Å². The number of fused-ring (bicyclic) bond motifs is 1. The topological polar surface area (TPSA) is 60.0 Å². The molecule has 3 aromatic carbocycles. The minimum atomic E-state index is -0.611. The molecule has 29 heavy (non-hydrogen) atoms. The van der Waals surface area contributed by atoms with E-state index in [1.165, 1.54) is 22.3 Å². The first-order valence-electron chi connectivity index (χ1n) is 9.75. The van der Waals surface area contributed by atoms with Crippen LogP contribution in [0.15, 0.2) is 66.7 Å². The highest BCUT2D eigenvalue weighted by atomic mass is 16.7. The van der Waals surface area contributed by atoms with Crippen LogP contribution in [0.1, 0.15) is 11.1 Å². The second kappa shape index (κ2) is 8.99. The molecule has 0 radical (unpaired) electrons. The van der Waals surface area contributed by atoms with Crippen molar-refractivity contribution in [3.63, 3.8) is 0 Å². The zero-order chi connectivity index (χ0) is 20.1. The third-order valence-corrected chi connectivity index (χ3v) is 4.88. The van der Waals surface area contributed by atoms with Gasteiger partial charge in [0.15, 0.2) is 11.5 Å².